The molecule has 1 atom stereocenters. The molecule has 0 saturated carbocycles. The lowest BCUT2D eigenvalue weighted by Gasteiger charge is -2.23. The summed E-state index contributed by atoms with van der Waals surface area (Å²) in [6.07, 6.45) is 7.48. The van der Waals surface area contributed by atoms with Gasteiger partial charge in [-0.25, -0.2) is 4.98 Å². The minimum Gasteiger partial charge on any atom is -0.333 e. The van der Waals surface area contributed by atoms with Gasteiger partial charge in [0, 0.05) is 36.8 Å². The number of amides is 1. The summed E-state index contributed by atoms with van der Waals surface area (Å²) in [6, 6.07) is 5.33. The number of carbonyl (C=O) groups excluding carboxylic acids is 1. The number of nitrogens with one attached hydrogen (secondary N) is 1. The number of rotatable bonds is 6. The third kappa shape index (κ3) is 3.77. The van der Waals surface area contributed by atoms with Gasteiger partial charge in [-0.1, -0.05) is 26.0 Å². The second-order valence-corrected chi connectivity index (χ2v) is 6.17. The van der Waals surface area contributed by atoms with Crippen molar-refractivity contribution < 1.29 is 4.79 Å². The molecule has 7 nitrogen and oxygen atoms in total. The largest absolute Gasteiger partial charge is 0.333 e. The molecule has 0 fully saturated rings. The maximum Gasteiger partial charge on any atom is 0.264 e. The van der Waals surface area contributed by atoms with Gasteiger partial charge in [-0.3, -0.25) is 19.6 Å². The van der Waals surface area contributed by atoms with E-state index >= 15 is 0 Å². The predicted octanol–water partition coefficient (Wildman–Crippen LogP) is 2.29. The van der Waals surface area contributed by atoms with Crippen LogP contribution in [0.15, 0.2) is 52.7 Å². The van der Waals surface area contributed by atoms with Crippen LogP contribution in [0.4, 0.5) is 0 Å². The Morgan fingerprint density at radius 1 is 1.31 bits per heavy atom. The number of allylic oxidation sites excluding steroid dienone is 1. The summed E-state index contributed by atoms with van der Waals surface area (Å²) in [7, 11) is 0. The summed E-state index contributed by atoms with van der Waals surface area (Å²) in [5, 5.41) is 0. The van der Waals surface area contributed by atoms with Crippen molar-refractivity contribution in [1.29, 1.82) is 0 Å². The Morgan fingerprint density at radius 2 is 2.15 bits per heavy atom. The molecule has 1 amide bonds. The van der Waals surface area contributed by atoms with E-state index < -0.39 is 5.56 Å². The van der Waals surface area contributed by atoms with Crippen LogP contribution in [0.3, 0.4) is 0 Å². The van der Waals surface area contributed by atoms with Gasteiger partial charge >= 0.3 is 0 Å². The van der Waals surface area contributed by atoms with Crippen LogP contribution in [-0.4, -0.2) is 44.6 Å². The van der Waals surface area contributed by atoms with Crippen molar-refractivity contribution >= 4 is 11.6 Å². The summed E-state index contributed by atoms with van der Waals surface area (Å²) < 4.78 is 0. The first-order valence-electron chi connectivity index (χ1n) is 8.63. The molecule has 0 radical (unpaired) electrons. The van der Waals surface area contributed by atoms with Crippen molar-refractivity contribution in [3.8, 4) is 11.5 Å². The Balaban J connectivity index is 1.84. The molecule has 2 aromatic rings. The third-order valence-electron chi connectivity index (χ3n) is 4.21. The summed E-state index contributed by atoms with van der Waals surface area (Å²) in [5.41, 5.74) is 1.03. The molecule has 3 rings (SSSR count). The van der Waals surface area contributed by atoms with E-state index in [-0.39, 0.29) is 17.4 Å². The molecule has 0 spiro atoms. The number of aliphatic imine (C=N–C) groups is 1. The molecule has 1 N–H and O–H groups in total. The minimum atomic E-state index is -0.466. The van der Waals surface area contributed by atoms with Crippen molar-refractivity contribution in [2.45, 2.75) is 20.3 Å². The van der Waals surface area contributed by atoms with Gasteiger partial charge in [0.1, 0.15) is 11.3 Å². The third-order valence-corrected chi connectivity index (χ3v) is 4.21. The van der Waals surface area contributed by atoms with E-state index in [0.717, 1.165) is 12.1 Å². The molecule has 1 aliphatic rings. The van der Waals surface area contributed by atoms with Crippen LogP contribution in [0.1, 0.15) is 30.6 Å². The fourth-order valence-corrected chi connectivity index (χ4v) is 2.75. The van der Waals surface area contributed by atoms with E-state index in [4.69, 9.17) is 0 Å². The first-order valence-corrected chi connectivity index (χ1v) is 8.63. The summed E-state index contributed by atoms with van der Waals surface area (Å²) in [5.74, 6) is 0.201. The first kappa shape index (κ1) is 17.7. The topological polar surface area (TPSA) is 91.3 Å². The van der Waals surface area contributed by atoms with E-state index in [0.29, 0.717) is 24.6 Å². The van der Waals surface area contributed by atoms with Gasteiger partial charge in [-0.2, -0.15) is 0 Å². The predicted molar refractivity (Wildman–Crippen MR) is 100 cm³/mol. The van der Waals surface area contributed by atoms with Crippen LogP contribution in [0.5, 0.6) is 0 Å². The van der Waals surface area contributed by atoms with E-state index in [1.165, 1.54) is 6.20 Å². The zero-order chi connectivity index (χ0) is 18.5. The molecular weight excluding hydrogens is 330 g/mol. The van der Waals surface area contributed by atoms with Crippen LogP contribution in [0, 0.1) is 5.92 Å². The van der Waals surface area contributed by atoms with Gasteiger partial charge in [0.2, 0.25) is 0 Å². The van der Waals surface area contributed by atoms with Gasteiger partial charge in [0.05, 0.1) is 6.54 Å². The Labute approximate surface area is 151 Å². The van der Waals surface area contributed by atoms with Crippen molar-refractivity contribution in [2.24, 2.45) is 10.9 Å². The van der Waals surface area contributed by atoms with Gasteiger partial charge in [0.25, 0.3) is 11.5 Å². The average Bonchev–Trinajstić information content (AvgIpc) is 3.06. The molecule has 7 heteroatoms. The SMILES string of the molecule is CCCN(CC1=NC=CC1C)C(=O)c1cnc(-c2ccccn2)[nH]c1=O. The smallest absolute Gasteiger partial charge is 0.264 e. The second kappa shape index (κ2) is 7.86. The number of aromatic nitrogens is 3. The van der Waals surface area contributed by atoms with Crippen LogP contribution < -0.4 is 5.56 Å². The Hall–Kier alpha value is -3.09. The number of nitrogens with zero attached hydrogens (tertiary/aromatic N) is 4. The Bertz CT molecular complexity index is 902. The molecule has 0 aliphatic carbocycles. The summed E-state index contributed by atoms with van der Waals surface area (Å²) in [6.45, 7) is 4.98. The lowest BCUT2D eigenvalue weighted by atomic mass is 10.1. The highest BCUT2D eigenvalue weighted by atomic mass is 16.2. The van der Waals surface area contributed by atoms with E-state index in [1.807, 2.05) is 26.0 Å². The summed E-state index contributed by atoms with van der Waals surface area (Å²) in [4.78, 5) is 42.3. The quantitative estimate of drug-likeness (QED) is 0.864. The molecule has 134 valence electrons. The normalized spacial score (nSPS) is 15.8. The maximum absolute atomic E-state index is 12.9. The molecule has 26 heavy (non-hydrogen) atoms. The molecule has 0 aromatic carbocycles. The molecule has 1 unspecified atom stereocenters. The first-order chi connectivity index (χ1) is 12.6. The minimum absolute atomic E-state index is 0.0253. The maximum atomic E-state index is 12.9. The van der Waals surface area contributed by atoms with Gasteiger partial charge < -0.3 is 9.88 Å². The molecule has 0 bridgehead atoms. The zero-order valence-electron chi connectivity index (χ0n) is 14.8. The van der Waals surface area contributed by atoms with Crippen LogP contribution in [0.25, 0.3) is 11.5 Å². The zero-order valence-corrected chi connectivity index (χ0v) is 14.8. The monoisotopic (exact) mass is 351 g/mol. The van der Waals surface area contributed by atoms with Gasteiger partial charge in [-0.15, -0.1) is 0 Å². The van der Waals surface area contributed by atoms with Gasteiger partial charge in [0.15, 0.2) is 5.82 Å². The highest BCUT2D eigenvalue weighted by molar-refractivity contribution is 5.99. The van der Waals surface area contributed by atoms with Crippen molar-refractivity contribution in [1.82, 2.24) is 19.9 Å². The molecule has 0 saturated heterocycles. The average molecular weight is 351 g/mol. The Kier molecular flexibility index (Phi) is 5.36. The molecule has 3 heterocycles. The highest BCUT2D eigenvalue weighted by Crippen LogP contribution is 2.13. The standard InChI is InChI=1S/C19H21N5O2/c1-3-10-24(12-16-13(2)7-9-21-16)19(26)14-11-22-17(23-18(14)25)15-6-4-5-8-20-15/h4-9,11,13H,3,10,12H2,1-2H3,(H,22,23,25). The van der Waals surface area contributed by atoms with Crippen LogP contribution in [0.2, 0.25) is 0 Å². The van der Waals surface area contributed by atoms with E-state index in [9.17, 15) is 9.59 Å². The van der Waals surface area contributed by atoms with Crippen LogP contribution >= 0.6 is 0 Å². The number of aromatic amines is 1. The van der Waals surface area contributed by atoms with Crippen molar-refractivity contribution in [2.75, 3.05) is 13.1 Å². The fraction of sp³-hybridized carbons (Fsp3) is 0.316. The molecule has 1 aliphatic heterocycles. The second-order valence-electron chi connectivity index (χ2n) is 6.17. The van der Waals surface area contributed by atoms with E-state index in [2.05, 4.69) is 19.9 Å². The lowest BCUT2D eigenvalue weighted by Crippen LogP contribution is -2.40. The number of hydrogen-bond donors (Lipinski definition) is 1. The van der Waals surface area contributed by atoms with Gasteiger partial charge in [-0.05, 0) is 18.6 Å². The van der Waals surface area contributed by atoms with Crippen molar-refractivity contribution in [3.05, 3.63) is 58.8 Å². The van der Waals surface area contributed by atoms with Crippen molar-refractivity contribution in [3.63, 3.8) is 0 Å². The van der Waals surface area contributed by atoms with Crippen LogP contribution in [-0.2, 0) is 0 Å². The molecular formula is C19H21N5O2. The fourth-order valence-electron chi connectivity index (χ4n) is 2.75. The summed E-state index contributed by atoms with van der Waals surface area (Å²) >= 11 is 0. The highest BCUT2D eigenvalue weighted by Gasteiger charge is 2.23. The Morgan fingerprint density at radius 3 is 2.77 bits per heavy atom. The number of H-pyrrole nitrogens is 1. The number of carbonyl (C=O) groups is 1. The lowest BCUT2D eigenvalue weighted by molar-refractivity contribution is 0.0776. The van der Waals surface area contributed by atoms with E-state index in [1.54, 1.807) is 29.4 Å². The number of hydrogen-bond acceptors (Lipinski definition) is 5. The number of pyridine rings is 1. The molecule has 2 aromatic heterocycles.